The summed E-state index contributed by atoms with van der Waals surface area (Å²) in [5.41, 5.74) is 0. The second-order valence-electron chi connectivity index (χ2n) is 5.85. The Balaban J connectivity index is 1.78. The van der Waals surface area contributed by atoms with Crippen LogP contribution >= 0.6 is 0 Å². The van der Waals surface area contributed by atoms with Crippen LogP contribution in [-0.4, -0.2) is 66.2 Å². The van der Waals surface area contributed by atoms with E-state index in [1.165, 1.54) is 0 Å². The van der Waals surface area contributed by atoms with Gasteiger partial charge in [-0.1, -0.05) is 0 Å². The first-order chi connectivity index (χ1) is 8.97. The Bertz CT molecular complexity index is 359. The van der Waals surface area contributed by atoms with E-state index in [4.69, 9.17) is 5.11 Å². The van der Waals surface area contributed by atoms with Crippen LogP contribution in [0.4, 0.5) is 4.79 Å². The van der Waals surface area contributed by atoms with Gasteiger partial charge < -0.3 is 20.2 Å². The van der Waals surface area contributed by atoms with Crippen LogP contribution in [0.25, 0.3) is 0 Å². The molecule has 1 unspecified atom stereocenters. The minimum Gasteiger partial charge on any atom is -0.481 e. The maximum Gasteiger partial charge on any atom is 0.317 e. The summed E-state index contributed by atoms with van der Waals surface area (Å²) in [6.07, 6.45) is 3.00. The minimum atomic E-state index is -0.745. The van der Waals surface area contributed by atoms with E-state index in [2.05, 4.69) is 10.2 Å². The first-order valence-electron chi connectivity index (χ1n) is 6.92. The lowest BCUT2D eigenvalue weighted by Gasteiger charge is -2.22. The zero-order valence-corrected chi connectivity index (χ0v) is 11.6. The summed E-state index contributed by atoms with van der Waals surface area (Å²) in [6.45, 7) is 1.54. The highest BCUT2D eigenvalue weighted by molar-refractivity contribution is 5.75. The molecule has 1 saturated carbocycles. The molecule has 6 heteroatoms. The lowest BCUT2D eigenvalue weighted by Crippen LogP contribution is -2.44. The van der Waals surface area contributed by atoms with Crippen molar-refractivity contribution in [1.29, 1.82) is 0 Å². The number of likely N-dealkylation sites (N-methyl/N-ethyl adjacent to an activating group) is 1. The van der Waals surface area contributed by atoms with Crippen molar-refractivity contribution in [2.75, 3.05) is 27.2 Å². The van der Waals surface area contributed by atoms with E-state index in [0.717, 1.165) is 25.9 Å². The van der Waals surface area contributed by atoms with Gasteiger partial charge in [0.1, 0.15) is 0 Å². The van der Waals surface area contributed by atoms with Crippen molar-refractivity contribution < 1.29 is 14.7 Å². The first kappa shape index (κ1) is 14.1. The molecule has 0 spiro atoms. The molecule has 6 nitrogen and oxygen atoms in total. The summed E-state index contributed by atoms with van der Waals surface area (Å²) in [6, 6.07) is 0.411. The number of rotatable bonds is 3. The molecule has 0 radical (unpaired) electrons. The zero-order valence-electron chi connectivity index (χ0n) is 11.6. The lowest BCUT2D eigenvalue weighted by molar-refractivity contribution is -0.141. The van der Waals surface area contributed by atoms with Gasteiger partial charge in [-0.3, -0.25) is 4.79 Å². The van der Waals surface area contributed by atoms with Crippen molar-refractivity contribution in [2.45, 2.75) is 37.8 Å². The fourth-order valence-electron chi connectivity index (χ4n) is 2.95. The van der Waals surface area contributed by atoms with E-state index in [9.17, 15) is 9.59 Å². The molecule has 0 aromatic heterocycles. The Hall–Kier alpha value is -1.30. The second-order valence-corrected chi connectivity index (χ2v) is 5.85. The third-order valence-electron chi connectivity index (χ3n) is 4.29. The van der Waals surface area contributed by atoms with Crippen LogP contribution in [0.2, 0.25) is 0 Å². The van der Waals surface area contributed by atoms with E-state index in [0.29, 0.717) is 18.9 Å². The van der Waals surface area contributed by atoms with Gasteiger partial charge in [-0.25, -0.2) is 4.79 Å². The predicted molar refractivity (Wildman–Crippen MR) is 71.0 cm³/mol. The Morgan fingerprint density at radius 2 is 2.00 bits per heavy atom. The van der Waals surface area contributed by atoms with E-state index >= 15 is 0 Å². The third kappa shape index (κ3) is 3.37. The van der Waals surface area contributed by atoms with Crippen LogP contribution in [0.5, 0.6) is 0 Å². The maximum absolute atomic E-state index is 12.1. The van der Waals surface area contributed by atoms with Gasteiger partial charge in [0.05, 0.1) is 5.92 Å². The van der Waals surface area contributed by atoms with Crippen molar-refractivity contribution >= 4 is 12.0 Å². The fraction of sp³-hybridized carbons (Fsp3) is 0.846. The highest BCUT2D eigenvalue weighted by Crippen LogP contribution is 2.26. The van der Waals surface area contributed by atoms with Crippen LogP contribution < -0.4 is 5.32 Å². The maximum atomic E-state index is 12.1. The third-order valence-corrected chi connectivity index (χ3v) is 4.29. The first-order valence-corrected chi connectivity index (χ1v) is 6.92. The lowest BCUT2D eigenvalue weighted by atomic mass is 10.1. The molecule has 1 heterocycles. The van der Waals surface area contributed by atoms with E-state index < -0.39 is 5.97 Å². The molecule has 108 valence electrons. The Kier molecular flexibility index (Phi) is 4.29. The summed E-state index contributed by atoms with van der Waals surface area (Å²) >= 11 is 0. The Morgan fingerprint density at radius 1 is 1.26 bits per heavy atom. The standard InChI is InChI=1S/C13H23N3O3/c1-15(2)11-5-6-16(8-11)13(19)14-10-4-3-9(7-10)12(17)18/h9-11H,3-8H2,1-2H3,(H,14,19)(H,17,18)/t9-,10+,11?/m1/s1. The summed E-state index contributed by atoms with van der Waals surface area (Å²) in [4.78, 5) is 26.9. The Labute approximate surface area is 113 Å². The molecule has 2 fully saturated rings. The topological polar surface area (TPSA) is 72.9 Å². The number of likely N-dealkylation sites (tertiary alicyclic amines) is 1. The number of hydrogen-bond donors (Lipinski definition) is 2. The van der Waals surface area contributed by atoms with Gasteiger partial charge in [-0.05, 0) is 39.8 Å². The second kappa shape index (κ2) is 5.77. The fourth-order valence-corrected chi connectivity index (χ4v) is 2.95. The summed E-state index contributed by atoms with van der Waals surface area (Å²) in [5.74, 6) is -1.04. The molecule has 0 aromatic rings. The number of urea groups is 1. The highest BCUT2D eigenvalue weighted by Gasteiger charge is 2.33. The average Bonchev–Trinajstić information content (AvgIpc) is 2.96. The van der Waals surface area contributed by atoms with E-state index in [-0.39, 0.29) is 18.0 Å². The summed E-state index contributed by atoms with van der Waals surface area (Å²) in [5, 5.41) is 11.9. The molecular weight excluding hydrogens is 246 g/mol. The average molecular weight is 269 g/mol. The predicted octanol–water partition coefficient (Wildman–Crippen LogP) is 0.585. The number of carbonyl (C=O) groups is 2. The smallest absolute Gasteiger partial charge is 0.317 e. The molecular formula is C13H23N3O3. The molecule has 19 heavy (non-hydrogen) atoms. The van der Waals surface area contributed by atoms with Crippen LogP contribution in [0, 0.1) is 5.92 Å². The molecule has 0 bridgehead atoms. The summed E-state index contributed by atoms with van der Waals surface area (Å²) < 4.78 is 0. The van der Waals surface area contributed by atoms with Crippen LogP contribution in [0.15, 0.2) is 0 Å². The van der Waals surface area contributed by atoms with Gasteiger partial charge >= 0.3 is 12.0 Å². The van der Waals surface area contributed by atoms with Gasteiger partial charge in [0.2, 0.25) is 0 Å². The van der Waals surface area contributed by atoms with Crippen LogP contribution in [-0.2, 0) is 4.79 Å². The van der Waals surface area contributed by atoms with Gasteiger partial charge in [-0.15, -0.1) is 0 Å². The number of nitrogens with one attached hydrogen (secondary N) is 1. The van der Waals surface area contributed by atoms with Gasteiger partial charge in [0.25, 0.3) is 0 Å². The number of aliphatic carboxylic acids is 1. The normalized spacial score (nSPS) is 30.9. The number of carboxylic acid groups (broad SMARTS) is 1. The molecule has 2 N–H and O–H groups in total. The van der Waals surface area contributed by atoms with Crippen molar-refractivity contribution in [1.82, 2.24) is 15.1 Å². The van der Waals surface area contributed by atoms with Crippen molar-refractivity contribution in [3.63, 3.8) is 0 Å². The molecule has 1 aliphatic heterocycles. The molecule has 0 aromatic carbocycles. The van der Waals surface area contributed by atoms with Crippen LogP contribution in [0.1, 0.15) is 25.7 Å². The number of carbonyl (C=O) groups excluding carboxylic acids is 1. The monoisotopic (exact) mass is 269 g/mol. The molecule has 1 aliphatic carbocycles. The number of nitrogens with zero attached hydrogens (tertiary/aromatic N) is 2. The van der Waals surface area contributed by atoms with Crippen molar-refractivity contribution in [3.8, 4) is 0 Å². The van der Waals surface area contributed by atoms with Gasteiger partial charge in [-0.2, -0.15) is 0 Å². The Morgan fingerprint density at radius 3 is 2.53 bits per heavy atom. The molecule has 2 amide bonds. The van der Waals surface area contributed by atoms with Crippen LogP contribution in [0.3, 0.4) is 0 Å². The molecule has 2 aliphatic rings. The van der Waals surface area contributed by atoms with Gasteiger partial charge in [0.15, 0.2) is 0 Å². The largest absolute Gasteiger partial charge is 0.481 e. The quantitative estimate of drug-likeness (QED) is 0.786. The van der Waals surface area contributed by atoms with Crippen molar-refractivity contribution in [3.05, 3.63) is 0 Å². The molecule has 3 atom stereocenters. The van der Waals surface area contributed by atoms with Gasteiger partial charge in [0, 0.05) is 25.2 Å². The van der Waals surface area contributed by atoms with E-state index in [1.807, 2.05) is 19.0 Å². The number of carboxylic acids is 1. The highest BCUT2D eigenvalue weighted by atomic mass is 16.4. The number of amides is 2. The SMILES string of the molecule is CN(C)C1CCN(C(=O)N[C@H]2CC[C@@H](C(=O)O)C2)C1. The zero-order chi connectivity index (χ0) is 14.0. The minimum absolute atomic E-state index is 0.0204. The number of hydrogen-bond acceptors (Lipinski definition) is 3. The molecule has 1 saturated heterocycles. The summed E-state index contributed by atoms with van der Waals surface area (Å²) in [7, 11) is 4.06. The molecule has 2 rings (SSSR count). The van der Waals surface area contributed by atoms with Crippen molar-refractivity contribution in [2.24, 2.45) is 5.92 Å². The van der Waals surface area contributed by atoms with E-state index in [1.54, 1.807) is 0 Å².